The van der Waals surface area contributed by atoms with Gasteiger partial charge in [0.25, 0.3) is 0 Å². The Morgan fingerprint density at radius 3 is 2.45 bits per heavy atom. The molecule has 1 atom stereocenters. The molecular weight excluding hydrogens is 252 g/mol. The minimum absolute atomic E-state index is 0.376. The molecule has 0 radical (unpaired) electrons. The van der Waals surface area contributed by atoms with E-state index in [-0.39, 0.29) is 5.92 Å². The van der Waals surface area contributed by atoms with Crippen LogP contribution in [-0.2, 0) is 11.2 Å². The van der Waals surface area contributed by atoms with E-state index in [4.69, 9.17) is 9.84 Å². The van der Waals surface area contributed by atoms with Gasteiger partial charge in [0.15, 0.2) is 0 Å². The number of ether oxygens (including phenoxy) is 1. The van der Waals surface area contributed by atoms with Crippen molar-refractivity contribution in [2.45, 2.75) is 20.3 Å². The highest BCUT2D eigenvalue weighted by Gasteiger charge is 2.11. The van der Waals surface area contributed by atoms with Gasteiger partial charge in [0.2, 0.25) is 0 Å². The Kier molecular flexibility index (Phi) is 4.41. The summed E-state index contributed by atoms with van der Waals surface area (Å²) in [7, 11) is 0. The number of aryl methyl sites for hydroxylation is 1. The third-order valence-corrected chi connectivity index (χ3v) is 3.11. The maximum absolute atomic E-state index is 10.8. The maximum atomic E-state index is 10.8. The first-order valence-corrected chi connectivity index (χ1v) is 6.61. The third kappa shape index (κ3) is 3.85. The van der Waals surface area contributed by atoms with Crippen LogP contribution in [0.15, 0.2) is 48.5 Å². The zero-order valence-corrected chi connectivity index (χ0v) is 11.7. The van der Waals surface area contributed by atoms with Crippen LogP contribution in [0.3, 0.4) is 0 Å². The lowest BCUT2D eigenvalue weighted by molar-refractivity contribution is -0.141. The number of carboxylic acid groups (broad SMARTS) is 1. The molecule has 1 unspecified atom stereocenters. The Morgan fingerprint density at radius 2 is 1.85 bits per heavy atom. The lowest BCUT2D eigenvalue weighted by Crippen LogP contribution is -2.12. The molecule has 2 aromatic rings. The van der Waals surface area contributed by atoms with E-state index in [1.807, 2.05) is 55.5 Å². The first-order chi connectivity index (χ1) is 9.54. The molecule has 0 bridgehead atoms. The van der Waals surface area contributed by atoms with Crippen LogP contribution in [-0.4, -0.2) is 11.1 Å². The molecular formula is C17H18O3. The van der Waals surface area contributed by atoms with Gasteiger partial charge >= 0.3 is 5.97 Å². The summed E-state index contributed by atoms with van der Waals surface area (Å²) in [6, 6.07) is 15.4. The first kappa shape index (κ1) is 14.1. The number of carbonyl (C=O) groups is 1. The standard InChI is InChI=1S/C17H18O3/c1-12-4-3-5-16(10-12)20-15-8-6-14(7-9-15)11-13(2)17(18)19/h3-10,13H,11H2,1-2H3,(H,18,19). The van der Waals surface area contributed by atoms with Gasteiger partial charge in [-0.25, -0.2) is 0 Å². The van der Waals surface area contributed by atoms with Crippen LogP contribution in [0.2, 0.25) is 0 Å². The van der Waals surface area contributed by atoms with Gasteiger partial charge in [0, 0.05) is 0 Å². The van der Waals surface area contributed by atoms with E-state index >= 15 is 0 Å². The molecule has 1 N–H and O–H groups in total. The number of aliphatic carboxylic acids is 1. The molecule has 0 spiro atoms. The fraction of sp³-hybridized carbons (Fsp3) is 0.235. The van der Waals surface area contributed by atoms with E-state index in [0.717, 1.165) is 22.6 Å². The summed E-state index contributed by atoms with van der Waals surface area (Å²) in [5, 5.41) is 8.89. The van der Waals surface area contributed by atoms with Crippen LogP contribution in [0.1, 0.15) is 18.1 Å². The number of hydrogen-bond donors (Lipinski definition) is 1. The summed E-state index contributed by atoms with van der Waals surface area (Å²) in [5.41, 5.74) is 2.14. The highest BCUT2D eigenvalue weighted by Crippen LogP contribution is 2.23. The zero-order valence-electron chi connectivity index (χ0n) is 11.7. The highest BCUT2D eigenvalue weighted by atomic mass is 16.5. The quantitative estimate of drug-likeness (QED) is 0.891. The summed E-state index contributed by atoms with van der Waals surface area (Å²) >= 11 is 0. The average Bonchev–Trinajstić information content (AvgIpc) is 2.41. The normalized spacial score (nSPS) is 11.9. The molecule has 3 heteroatoms. The molecule has 104 valence electrons. The van der Waals surface area contributed by atoms with Gasteiger partial charge in [-0.05, 0) is 48.7 Å². The van der Waals surface area contributed by atoms with E-state index in [1.165, 1.54) is 0 Å². The summed E-state index contributed by atoms with van der Waals surface area (Å²) < 4.78 is 5.75. The zero-order chi connectivity index (χ0) is 14.5. The van der Waals surface area contributed by atoms with E-state index in [9.17, 15) is 4.79 Å². The minimum atomic E-state index is -0.773. The minimum Gasteiger partial charge on any atom is -0.481 e. The summed E-state index contributed by atoms with van der Waals surface area (Å²) in [5.74, 6) is 0.405. The van der Waals surface area contributed by atoms with Crippen molar-refractivity contribution in [3.63, 3.8) is 0 Å². The Balaban J connectivity index is 2.03. The molecule has 3 nitrogen and oxygen atoms in total. The Bertz CT molecular complexity index is 587. The van der Waals surface area contributed by atoms with Crippen LogP contribution in [0, 0.1) is 12.8 Å². The lowest BCUT2D eigenvalue weighted by Gasteiger charge is -2.09. The van der Waals surface area contributed by atoms with Gasteiger partial charge in [-0.1, -0.05) is 31.2 Å². The van der Waals surface area contributed by atoms with E-state index in [2.05, 4.69) is 0 Å². The molecule has 20 heavy (non-hydrogen) atoms. The monoisotopic (exact) mass is 270 g/mol. The van der Waals surface area contributed by atoms with Crippen LogP contribution < -0.4 is 4.74 Å². The fourth-order valence-electron chi connectivity index (χ4n) is 1.95. The second kappa shape index (κ2) is 6.24. The van der Waals surface area contributed by atoms with Crippen LogP contribution in [0.4, 0.5) is 0 Å². The van der Waals surface area contributed by atoms with Crippen LogP contribution in [0.25, 0.3) is 0 Å². The Morgan fingerprint density at radius 1 is 1.15 bits per heavy atom. The van der Waals surface area contributed by atoms with Crippen molar-refractivity contribution in [3.05, 3.63) is 59.7 Å². The Hall–Kier alpha value is -2.29. The summed E-state index contributed by atoms with van der Waals surface area (Å²) in [4.78, 5) is 10.8. The smallest absolute Gasteiger partial charge is 0.306 e. The number of benzene rings is 2. The average molecular weight is 270 g/mol. The SMILES string of the molecule is Cc1cccc(Oc2ccc(CC(C)C(=O)O)cc2)c1. The molecule has 0 saturated carbocycles. The topological polar surface area (TPSA) is 46.5 Å². The van der Waals surface area contributed by atoms with Crippen molar-refractivity contribution in [2.24, 2.45) is 5.92 Å². The Labute approximate surface area is 118 Å². The molecule has 2 aromatic carbocycles. The van der Waals surface area contributed by atoms with Gasteiger partial charge in [0.1, 0.15) is 11.5 Å². The van der Waals surface area contributed by atoms with Crippen molar-refractivity contribution in [1.82, 2.24) is 0 Å². The van der Waals surface area contributed by atoms with Crippen molar-refractivity contribution < 1.29 is 14.6 Å². The number of rotatable bonds is 5. The lowest BCUT2D eigenvalue weighted by atomic mass is 10.0. The maximum Gasteiger partial charge on any atom is 0.306 e. The van der Waals surface area contributed by atoms with Gasteiger partial charge in [0.05, 0.1) is 5.92 Å². The summed E-state index contributed by atoms with van der Waals surface area (Å²) in [6.45, 7) is 3.72. The first-order valence-electron chi connectivity index (χ1n) is 6.61. The van der Waals surface area contributed by atoms with E-state index in [0.29, 0.717) is 6.42 Å². The van der Waals surface area contributed by atoms with E-state index in [1.54, 1.807) is 6.92 Å². The predicted molar refractivity (Wildman–Crippen MR) is 78.2 cm³/mol. The fourth-order valence-corrected chi connectivity index (χ4v) is 1.95. The van der Waals surface area contributed by atoms with Crippen molar-refractivity contribution >= 4 is 5.97 Å². The van der Waals surface area contributed by atoms with Crippen molar-refractivity contribution in [1.29, 1.82) is 0 Å². The molecule has 0 saturated heterocycles. The molecule has 0 aliphatic rings. The van der Waals surface area contributed by atoms with Crippen molar-refractivity contribution in [2.75, 3.05) is 0 Å². The van der Waals surface area contributed by atoms with Gasteiger partial charge in [-0.15, -0.1) is 0 Å². The van der Waals surface area contributed by atoms with Crippen LogP contribution in [0.5, 0.6) is 11.5 Å². The summed E-state index contributed by atoms with van der Waals surface area (Å²) in [6.07, 6.45) is 0.528. The molecule has 0 amide bonds. The molecule has 0 heterocycles. The molecule has 0 aromatic heterocycles. The second-order valence-electron chi connectivity index (χ2n) is 5.01. The molecule has 2 rings (SSSR count). The predicted octanol–water partition coefficient (Wildman–Crippen LogP) is 4.05. The molecule has 0 aliphatic heterocycles. The number of carboxylic acids is 1. The number of hydrogen-bond acceptors (Lipinski definition) is 2. The van der Waals surface area contributed by atoms with Crippen molar-refractivity contribution in [3.8, 4) is 11.5 Å². The van der Waals surface area contributed by atoms with E-state index < -0.39 is 5.97 Å². The molecule has 0 aliphatic carbocycles. The van der Waals surface area contributed by atoms with Gasteiger partial charge in [-0.3, -0.25) is 4.79 Å². The largest absolute Gasteiger partial charge is 0.481 e. The highest BCUT2D eigenvalue weighted by molar-refractivity contribution is 5.69. The second-order valence-corrected chi connectivity index (χ2v) is 5.01. The van der Waals surface area contributed by atoms with Gasteiger partial charge < -0.3 is 9.84 Å². The van der Waals surface area contributed by atoms with Gasteiger partial charge in [-0.2, -0.15) is 0 Å². The third-order valence-electron chi connectivity index (χ3n) is 3.11. The van der Waals surface area contributed by atoms with Crippen LogP contribution >= 0.6 is 0 Å². The molecule has 0 fully saturated rings.